The molecule has 66 heavy (non-hydrogen) atoms. The minimum atomic E-state index is -0.583. The maximum atomic E-state index is 6.51. The van der Waals surface area contributed by atoms with Gasteiger partial charge in [-0.2, -0.15) is 0 Å². The summed E-state index contributed by atoms with van der Waals surface area (Å²) in [4.78, 5) is 2.40. The van der Waals surface area contributed by atoms with Crippen LogP contribution in [0.1, 0.15) is 73.4 Å². The van der Waals surface area contributed by atoms with Gasteiger partial charge in [-0.05, 0) is 139 Å². The highest BCUT2D eigenvalue weighted by atomic mass is 16.5. The lowest BCUT2D eigenvalue weighted by molar-refractivity contribution is 0.306. The van der Waals surface area contributed by atoms with Gasteiger partial charge in [0.1, 0.15) is 12.4 Å². The van der Waals surface area contributed by atoms with Crippen LogP contribution in [0, 0.1) is 11.8 Å². The zero-order valence-corrected chi connectivity index (χ0v) is 38.4. The maximum absolute atomic E-state index is 6.51. The Morgan fingerprint density at radius 2 is 0.909 bits per heavy atom. The Balaban J connectivity index is 1.05. The second kappa shape index (κ2) is 18.6. The van der Waals surface area contributed by atoms with Crippen molar-refractivity contribution in [3.63, 3.8) is 0 Å². The van der Waals surface area contributed by atoms with Gasteiger partial charge < -0.3 is 9.64 Å². The van der Waals surface area contributed by atoms with E-state index in [2.05, 4.69) is 263 Å². The van der Waals surface area contributed by atoms with Gasteiger partial charge in [0.2, 0.25) is 0 Å². The summed E-state index contributed by atoms with van der Waals surface area (Å²) < 4.78 is 6.51. The van der Waals surface area contributed by atoms with Crippen LogP contribution >= 0.6 is 0 Å². The van der Waals surface area contributed by atoms with Crippen molar-refractivity contribution in [1.82, 2.24) is 0 Å². The Labute approximate surface area is 391 Å². The molecule has 0 radical (unpaired) electrons. The monoisotopic (exact) mass is 855 g/mol. The van der Waals surface area contributed by atoms with Crippen molar-refractivity contribution in [2.45, 2.75) is 52.1 Å². The fourth-order valence-corrected chi connectivity index (χ4v) is 10.3. The number of anilines is 3. The van der Waals surface area contributed by atoms with Crippen molar-refractivity contribution < 1.29 is 4.74 Å². The molecule has 0 N–H and O–H groups in total. The third-order valence-corrected chi connectivity index (χ3v) is 13.6. The van der Waals surface area contributed by atoms with Crippen LogP contribution in [-0.2, 0) is 12.0 Å². The van der Waals surface area contributed by atoms with E-state index in [1.165, 1.54) is 73.2 Å². The van der Waals surface area contributed by atoms with Crippen LogP contribution in [0.5, 0.6) is 5.75 Å². The van der Waals surface area contributed by atoms with Crippen LogP contribution in [0.15, 0.2) is 231 Å². The first kappa shape index (κ1) is 42.5. The topological polar surface area (TPSA) is 12.5 Å². The van der Waals surface area contributed by atoms with Gasteiger partial charge in [0, 0.05) is 17.1 Å². The summed E-state index contributed by atoms with van der Waals surface area (Å²) >= 11 is 0. The van der Waals surface area contributed by atoms with Crippen molar-refractivity contribution >= 4 is 17.1 Å². The Kier molecular flexibility index (Phi) is 12.0. The summed E-state index contributed by atoms with van der Waals surface area (Å²) in [5.41, 5.74) is 17.5. The number of nitrogens with zero attached hydrogens (tertiary/aromatic N) is 1. The number of benzene rings is 9. The average Bonchev–Trinajstić information content (AvgIpc) is 3.67. The molecule has 0 aromatic heterocycles. The van der Waals surface area contributed by atoms with Gasteiger partial charge in [-0.25, -0.2) is 0 Å². The number of rotatable bonds is 14. The van der Waals surface area contributed by atoms with Crippen molar-refractivity contribution in [3.05, 3.63) is 264 Å². The molecule has 0 aliphatic heterocycles. The predicted molar refractivity (Wildman–Crippen MR) is 277 cm³/mol. The number of hydrogen-bond donors (Lipinski definition) is 0. The summed E-state index contributed by atoms with van der Waals surface area (Å²) in [6, 6.07) is 84.3. The van der Waals surface area contributed by atoms with Crippen molar-refractivity contribution in [2.75, 3.05) is 4.90 Å². The summed E-state index contributed by atoms with van der Waals surface area (Å²) in [6.45, 7) is 9.83. The molecule has 0 spiro atoms. The molecule has 0 saturated heterocycles. The van der Waals surface area contributed by atoms with Gasteiger partial charge in [0.25, 0.3) is 0 Å². The molecule has 0 amide bonds. The van der Waals surface area contributed by atoms with Crippen LogP contribution in [0.4, 0.5) is 17.1 Å². The Morgan fingerprint density at radius 3 is 1.47 bits per heavy atom. The van der Waals surface area contributed by atoms with Gasteiger partial charge in [-0.1, -0.05) is 210 Å². The molecule has 2 heteroatoms. The van der Waals surface area contributed by atoms with Crippen LogP contribution in [0.3, 0.4) is 0 Å². The van der Waals surface area contributed by atoms with Crippen LogP contribution in [0.25, 0.3) is 33.4 Å². The SMILES string of the molecule is CC(C)CC(c1ccc(COc2ccc(C3(c4ccccc4)c4ccccc4-c4ccc(N(c5ccc(-c6ccccc6)cc5)c5ccc(-c6ccccc6)cc5)cc43)cc2)cc1)C(C)C. The lowest BCUT2D eigenvalue weighted by Crippen LogP contribution is -2.28. The van der Waals surface area contributed by atoms with E-state index in [1.807, 2.05) is 0 Å². The second-order valence-corrected chi connectivity index (χ2v) is 18.6. The normalized spacial score (nSPS) is 14.5. The van der Waals surface area contributed by atoms with E-state index >= 15 is 0 Å². The van der Waals surface area contributed by atoms with E-state index in [-0.39, 0.29) is 0 Å². The van der Waals surface area contributed by atoms with E-state index in [9.17, 15) is 0 Å². The molecule has 0 heterocycles. The van der Waals surface area contributed by atoms with Crippen LogP contribution < -0.4 is 9.64 Å². The molecule has 10 rings (SSSR count). The lowest BCUT2D eigenvalue weighted by atomic mass is 9.67. The molecular weight excluding hydrogens is 799 g/mol. The van der Waals surface area contributed by atoms with E-state index in [0.717, 1.165) is 22.8 Å². The molecule has 2 atom stereocenters. The first-order valence-electron chi connectivity index (χ1n) is 23.6. The molecule has 9 aromatic rings. The summed E-state index contributed by atoms with van der Waals surface area (Å²) in [5, 5.41) is 0. The van der Waals surface area contributed by atoms with E-state index in [4.69, 9.17) is 4.74 Å². The molecule has 2 nitrogen and oxygen atoms in total. The summed E-state index contributed by atoms with van der Waals surface area (Å²) in [5.74, 6) is 2.69. The molecular formula is C64H57NO. The predicted octanol–water partition coefficient (Wildman–Crippen LogP) is 17.2. The molecule has 324 valence electrons. The van der Waals surface area contributed by atoms with Gasteiger partial charge >= 0.3 is 0 Å². The Bertz CT molecular complexity index is 2930. The van der Waals surface area contributed by atoms with E-state index < -0.39 is 5.41 Å². The quantitative estimate of drug-likeness (QED) is 0.108. The van der Waals surface area contributed by atoms with Gasteiger partial charge in [-0.3, -0.25) is 0 Å². The third-order valence-electron chi connectivity index (χ3n) is 13.6. The molecule has 0 fully saturated rings. The van der Waals surface area contributed by atoms with Crippen LogP contribution in [0.2, 0.25) is 0 Å². The zero-order chi connectivity index (χ0) is 45.0. The molecule has 2 unspecified atom stereocenters. The molecule has 0 saturated carbocycles. The van der Waals surface area contributed by atoms with Gasteiger partial charge in [0.05, 0.1) is 5.41 Å². The zero-order valence-electron chi connectivity index (χ0n) is 38.4. The Hall–Kier alpha value is -7.42. The molecule has 0 bridgehead atoms. The standard InChI is InChI=1S/C64H57NO/c1-45(2)42-61(46(3)4)52-26-24-47(25-27-52)44-66-58-39-32-54(33-40-58)64(53-20-12-7-13-21-53)62-23-15-14-22-59(62)60-41-38-57(43-63(60)64)65(55-34-28-50(29-35-55)48-16-8-5-9-17-48)56-36-30-51(31-37-56)49-18-10-6-11-19-49/h5-41,43,45-46,61H,42,44H2,1-4H3. The van der Waals surface area contributed by atoms with Gasteiger partial charge in [-0.15, -0.1) is 0 Å². The van der Waals surface area contributed by atoms with Gasteiger partial charge in [0.15, 0.2) is 0 Å². The fourth-order valence-electron chi connectivity index (χ4n) is 10.3. The summed E-state index contributed by atoms with van der Waals surface area (Å²) in [6.07, 6.45) is 1.20. The Morgan fingerprint density at radius 1 is 0.424 bits per heavy atom. The summed E-state index contributed by atoms with van der Waals surface area (Å²) in [7, 11) is 0. The highest BCUT2D eigenvalue weighted by molar-refractivity contribution is 5.90. The minimum Gasteiger partial charge on any atom is -0.489 e. The first-order valence-corrected chi connectivity index (χ1v) is 23.6. The molecule has 9 aromatic carbocycles. The molecule has 1 aliphatic rings. The number of ether oxygens (including phenoxy) is 1. The first-order chi connectivity index (χ1) is 32.4. The third kappa shape index (κ3) is 8.25. The maximum Gasteiger partial charge on any atom is 0.119 e. The fraction of sp³-hybridized carbons (Fsp3) is 0.156. The van der Waals surface area contributed by atoms with Crippen LogP contribution in [-0.4, -0.2) is 0 Å². The van der Waals surface area contributed by atoms with Crippen molar-refractivity contribution in [3.8, 4) is 39.1 Å². The van der Waals surface area contributed by atoms with E-state index in [1.54, 1.807) is 0 Å². The minimum absolute atomic E-state index is 0.517. The number of fused-ring (bicyclic) bond motifs is 3. The highest BCUT2D eigenvalue weighted by Gasteiger charge is 2.46. The highest BCUT2D eigenvalue weighted by Crippen LogP contribution is 2.57. The second-order valence-electron chi connectivity index (χ2n) is 18.6. The van der Waals surface area contributed by atoms with E-state index in [0.29, 0.717) is 24.4 Å². The number of hydrogen-bond acceptors (Lipinski definition) is 2. The lowest BCUT2D eigenvalue weighted by Gasteiger charge is -2.35. The average molecular weight is 856 g/mol. The van der Waals surface area contributed by atoms with Crippen molar-refractivity contribution in [2.24, 2.45) is 11.8 Å². The largest absolute Gasteiger partial charge is 0.489 e. The molecule has 1 aliphatic carbocycles. The van der Waals surface area contributed by atoms with Crippen molar-refractivity contribution in [1.29, 1.82) is 0 Å². The smallest absolute Gasteiger partial charge is 0.119 e.